The normalized spacial score (nSPS) is 17.8. The highest BCUT2D eigenvalue weighted by atomic mass is 32.2. The molecule has 0 spiro atoms. The van der Waals surface area contributed by atoms with E-state index in [1.807, 2.05) is 29.4 Å². The van der Waals surface area contributed by atoms with Gasteiger partial charge in [-0.1, -0.05) is 24.3 Å². The van der Waals surface area contributed by atoms with Gasteiger partial charge >= 0.3 is 0 Å². The Morgan fingerprint density at radius 3 is 2.41 bits per heavy atom. The van der Waals surface area contributed by atoms with Crippen LogP contribution in [0, 0.1) is 0 Å². The monoisotopic (exact) mass is 430 g/mol. The molecule has 29 heavy (non-hydrogen) atoms. The zero-order chi connectivity index (χ0) is 20.4. The molecule has 2 aliphatic rings. The summed E-state index contributed by atoms with van der Waals surface area (Å²) >= 11 is 1.48. The first-order valence-corrected chi connectivity index (χ1v) is 12.7. The Morgan fingerprint density at radius 1 is 0.966 bits per heavy atom. The molecule has 0 unspecified atom stereocenters. The Morgan fingerprint density at radius 2 is 1.69 bits per heavy atom. The van der Waals surface area contributed by atoms with E-state index >= 15 is 0 Å². The number of likely N-dealkylation sites (tertiary alicyclic amines) is 1. The molecule has 4 rings (SSSR count). The SMILES string of the molecule is CSc1ccc(S(=O)(=O)N2CCc3ccccc3C2)cc1C(=O)N1CCCCC1. The van der Waals surface area contributed by atoms with Gasteiger partial charge in [0.25, 0.3) is 5.91 Å². The largest absolute Gasteiger partial charge is 0.339 e. The minimum absolute atomic E-state index is 0.0601. The van der Waals surface area contributed by atoms with E-state index in [1.165, 1.54) is 21.6 Å². The molecular weight excluding hydrogens is 404 g/mol. The fourth-order valence-corrected chi connectivity index (χ4v) is 6.12. The summed E-state index contributed by atoms with van der Waals surface area (Å²) < 4.78 is 28.2. The van der Waals surface area contributed by atoms with Gasteiger partial charge in [0.2, 0.25) is 10.0 Å². The maximum Gasteiger partial charge on any atom is 0.255 e. The zero-order valence-electron chi connectivity index (χ0n) is 16.6. The molecule has 0 aromatic heterocycles. The summed E-state index contributed by atoms with van der Waals surface area (Å²) in [6.45, 7) is 2.32. The molecule has 5 nitrogen and oxygen atoms in total. The van der Waals surface area contributed by atoms with Crippen LogP contribution in [0.4, 0.5) is 0 Å². The van der Waals surface area contributed by atoms with E-state index in [9.17, 15) is 13.2 Å². The van der Waals surface area contributed by atoms with Gasteiger partial charge < -0.3 is 4.90 Å². The first-order chi connectivity index (χ1) is 14.0. The van der Waals surface area contributed by atoms with Crippen LogP contribution in [-0.4, -0.2) is 49.4 Å². The van der Waals surface area contributed by atoms with E-state index in [0.29, 0.717) is 25.1 Å². The maximum atomic E-state index is 13.3. The van der Waals surface area contributed by atoms with Gasteiger partial charge in [0, 0.05) is 31.1 Å². The lowest BCUT2D eigenvalue weighted by Crippen LogP contribution is -2.37. The maximum absolute atomic E-state index is 13.3. The van der Waals surface area contributed by atoms with E-state index in [-0.39, 0.29) is 10.8 Å². The zero-order valence-corrected chi connectivity index (χ0v) is 18.3. The molecule has 0 atom stereocenters. The number of piperidine rings is 1. The van der Waals surface area contributed by atoms with Gasteiger partial charge in [0.15, 0.2) is 0 Å². The topological polar surface area (TPSA) is 57.7 Å². The molecule has 0 bridgehead atoms. The molecule has 154 valence electrons. The Balaban J connectivity index is 1.65. The third kappa shape index (κ3) is 4.09. The third-order valence-corrected chi connectivity index (χ3v) is 8.42. The first kappa shape index (κ1) is 20.4. The van der Waals surface area contributed by atoms with Gasteiger partial charge in [-0.2, -0.15) is 4.31 Å². The fraction of sp³-hybridized carbons (Fsp3) is 0.409. The highest BCUT2D eigenvalue weighted by Crippen LogP contribution is 2.29. The number of rotatable bonds is 4. The highest BCUT2D eigenvalue weighted by molar-refractivity contribution is 7.98. The van der Waals surface area contributed by atoms with Crippen LogP contribution in [-0.2, 0) is 23.0 Å². The average Bonchev–Trinajstić information content (AvgIpc) is 2.78. The molecule has 2 aromatic carbocycles. The first-order valence-electron chi connectivity index (χ1n) is 10.0. The number of benzene rings is 2. The van der Waals surface area contributed by atoms with Crippen molar-refractivity contribution in [1.82, 2.24) is 9.21 Å². The summed E-state index contributed by atoms with van der Waals surface area (Å²) in [5.74, 6) is -0.0601. The van der Waals surface area contributed by atoms with Crippen molar-refractivity contribution in [2.75, 3.05) is 25.9 Å². The van der Waals surface area contributed by atoms with Crippen molar-refractivity contribution in [3.05, 3.63) is 59.2 Å². The molecule has 2 aromatic rings. The lowest BCUT2D eigenvalue weighted by Gasteiger charge is -2.29. The second-order valence-corrected chi connectivity index (χ2v) is 10.4. The van der Waals surface area contributed by atoms with E-state index in [1.54, 1.807) is 18.2 Å². The number of hydrogen-bond donors (Lipinski definition) is 0. The van der Waals surface area contributed by atoms with Crippen molar-refractivity contribution in [1.29, 1.82) is 0 Å². The highest BCUT2D eigenvalue weighted by Gasteiger charge is 2.30. The number of carbonyl (C=O) groups excluding carboxylic acids is 1. The Bertz CT molecular complexity index is 1010. The molecular formula is C22H26N2O3S2. The van der Waals surface area contributed by atoms with E-state index in [2.05, 4.69) is 6.07 Å². The van der Waals surface area contributed by atoms with Crippen molar-refractivity contribution in [2.24, 2.45) is 0 Å². The van der Waals surface area contributed by atoms with E-state index in [4.69, 9.17) is 0 Å². The van der Waals surface area contributed by atoms with Crippen molar-refractivity contribution >= 4 is 27.7 Å². The second kappa shape index (κ2) is 8.50. The van der Waals surface area contributed by atoms with Crippen LogP contribution >= 0.6 is 11.8 Å². The van der Waals surface area contributed by atoms with Gasteiger partial charge in [-0.15, -0.1) is 11.8 Å². The molecule has 7 heteroatoms. The predicted molar refractivity (Wildman–Crippen MR) is 116 cm³/mol. The van der Waals surface area contributed by atoms with E-state index in [0.717, 1.165) is 42.8 Å². The molecule has 0 N–H and O–H groups in total. The van der Waals surface area contributed by atoms with Crippen LogP contribution < -0.4 is 0 Å². The van der Waals surface area contributed by atoms with Gasteiger partial charge in [0.05, 0.1) is 10.5 Å². The number of hydrogen-bond acceptors (Lipinski definition) is 4. The van der Waals surface area contributed by atoms with Crippen LogP contribution in [0.15, 0.2) is 52.3 Å². The minimum Gasteiger partial charge on any atom is -0.339 e. The Labute approximate surface area is 177 Å². The van der Waals surface area contributed by atoms with Gasteiger partial charge in [-0.05, 0) is 61.3 Å². The molecule has 1 saturated heterocycles. The minimum atomic E-state index is -3.66. The summed E-state index contributed by atoms with van der Waals surface area (Å²) in [5, 5.41) is 0. The van der Waals surface area contributed by atoms with Crippen LogP contribution in [0.25, 0.3) is 0 Å². The van der Waals surface area contributed by atoms with Gasteiger partial charge in [-0.3, -0.25) is 4.79 Å². The van der Waals surface area contributed by atoms with Gasteiger partial charge in [-0.25, -0.2) is 8.42 Å². The molecule has 1 amide bonds. The van der Waals surface area contributed by atoms with Crippen molar-refractivity contribution in [3.8, 4) is 0 Å². The van der Waals surface area contributed by atoms with Crippen LogP contribution in [0.3, 0.4) is 0 Å². The lowest BCUT2D eigenvalue weighted by atomic mass is 10.0. The molecule has 1 fully saturated rings. The van der Waals surface area contributed by atoms with Crippen molar-refractivity contribution in [3.63, 3.8) is 0 Å². The lowest BCUT2D eigenvalue weighted by molar-refractivity contribution is 0.0720. The molecule has 0 saturated carbocycles. The average molecular weight is 431 g/mol. The molecule has 2 aliphatic heterocycles. The quantitative estimate of drug-likeness (QED) is 0.693. The Kier molecular flexibility index (Phi) is 5.99. The molecule has 0 radical (unpaired) electrons. The van der Waals surface area contributed by atoms with Gasteiger partial charge in [0.1, 0.15) is 0 Å². The molecule has 2 heterocycles. The summed E-state index contributed by atoms with van der Waals surface area (Å²) in [6, 6.07) is 13.0. The Hall–Kier alpha value is -1.83. The predicted octanol–water partition coefficient (Wildman–Crippen LogP) is 3.78. The standard InChI is InChI=1S/C22H26N2O3S2/c1-28-21-10-9-19(15-20(21)22(25)23-12-5-2-6-13-23)29(26,27)24-14-11-17-7-3-4-8-18(17)16-24/h3-4,7-10,15H,2,5-6,11-14,16H2,1H3. The van der Waals surface area contributed by atoms with Crippen LogP contribution in [0.1, 0.15) is 40.7 Å². The number of nitrogens with zero attached hydrogens (tertiary/aromatic N) is 2. The number of thioether (sulfide) groups is 1. The van der Waals surface area contributed by atoms with Crippen LogP contribution in [0.2, 0.25) is 0 Å². The second-order valence-electron chi connectivity index (χ2n) is 7.57. The van der Waals surface area contributed by atoms with Crippen molar-refractivity contribution in [2.45, 2.75) is 42.0 Å². The summed E-state index contributed by atoms with van der Waals surface area (Å²) in [7, 11) is -3.66. The summed E-state index contributed by atoms with van der Waals surface area (Å²) in [5.41, 5.74) is 2.75. The number of amides is 1. The summed E-state index contributed by atoms with van der Waals surface area (Å²) in [4.78, 5) is 16.0. The number of carbonyl (C=O) groups is 1. The number of sulfonamides is 1. The smallest absolute Gasteiger partial charge is 0.255 e. The summed E-state index contributed by atoms with van der Waals surface area (Å²) in [6.07, 6.45) is 5.77. The third-order valence-electron chi connectivity index (χ3n) is 5.78. The van der Waals surface area contributed by atoms with E-state index < -0.39 is 10.0 Å². The fourth-order valence-electron chi connectivity index (χ4n) is 4.11. The van der Waals surface area contributed by atoms with Crippen LogP contribution in [0.5, 0.6) is 0 Å². The molecule has 0 aliphatic carbocycles. The number of fused-ring (bicyclic) bond motifs is 1. The van der Waals surface area contributed by atoms with Crippen molar-refractivity contribution < 1.29 is 13.2 Å².